The molecule has 8 nitrogen and oxygen atoms in total. The first kappa shape index (κ1) is 16.8. The summed E-state index contributed by atoms with van der Waals surface area (Å²) in [7, 11) is 1.69. The van der Waals surface area contributed by atoms with Gasteiger partial charge in [0.25, 0.3) is 11.5 Å². The molecule has 3 heterocycles. The quantitative estimate of drug-likeness (QED) is 0.890. The van der Waals surface area contributed by atoms with E-state index in [2.05, 4.69) is 10.1 Å². The minimum absolute atomic E-state index is 0.0228. The number of rotatable bonds is 4. The number of hydrogen-bond acceptors (Lipinski definition) is 6. The highest BCUT2D eigenvalue weighted by molar-refractivity contribution is 5.91. The third-order valence-electron chi connectivity index (χ3n) is 5.46. The highest BCUT2D eigenvalue weighted by Crippen LogP contribution is 2.43. The van der Waals surface area contributed by atoms with E-state index >= 15 is 0 Å². The molecule has 1 saturated heterocycles. The lowest BCUT2D eigenvalue weighted by molar-refractivity contribution is -0.0791. The first-order valence-corrected chi connectivity index (χ1v) is 8.74. The largest absolute Gasteiger partial charge is 0.474 e. The van der Waals surface area contributed by atoms with Crippen LogP contribution in [0.25, 0.3) is 0 Å². The Hall–Kier alpha value is -2.61. The molecular formula is C18H21N3O5. The molecular weight excluding hydrogens is 338 g/mol. The van der Waals surface area contributed by atoms with Crippen molar-refractivity contribution in [3.05, 3.63) is 46.6 Å². The number of ether oxygens (including phenoxy) is 2. The van der Waals surface area contributed by atoms with Crippen LogP contribution in [0.4, 0.5) is 0 Å². The number of hydrogen-bond donors (Lipinski definition) is 1. The standard InChI is InChI=1S/C18H21N3O5/c1-24-18-6-5-12(25-16-4-2-3-8-19-16)10-14(18)21(9-7-18)17(23)13-11-15(22)20-26-13/h2-4,8,11-12,14H,5-7,9-10H2,1H3,(H,20,22)/t12-,14-,18+/m0/s1. The molecule has 0 unspecified atom stereocenters. The van der Waals surface area contributed by atoms with Crippen LogP contribution < -0.4 is 10.3 Å². The van der Waals surface area contributed by atoms with Crippen molar-refractivity contribution in [2.75, 3.05) is 13.7 Å². The van der Waals surface area contributed by atoms with Crippen LogP contribution in [0.3, 0.4) is 0 Å². The average Bonchev–Trinajstić information content (AvgIpc) is 3.26. The molecule has 4 rings (SSSR count). The van der Waals surface area contributed by atoms with Gasteiger partial charge in [-0.25, -0.2) is 4.98 Å². The number of nitrogens with one attached hydrogen (secondary N) is 1. The second-order valence-corrected chi connectivity index (χ2v) is 6.79. The molecule has 2 fully saturated rings. The third-order valence-corrected chi connectivity index (χ3v) is 5.46. The minimum Gasteiger partial charge on any atom is -0.474 e. The predicted octanol–water partition coefficient (Wildman–Crippen LogP) is 1.59. The van der Waals surface area contributed by atoms with Gasteiger partial charge in [-0.2, -0.15) is 5.16 Å². The van der Waals surface area contributed by atoms with E-state index in [0.29, 0.717) is 18.8 Å². The van der Waals surface area contributed by atoms with Crippen molar-refractivity contribution in [1.82, 2.24) is 15.0 Å². The molecule has 2 aromatic rings. The molecule has 0 bridgehead atoms. The zero-order chi connectivity index (χ0) is 18.1. The van der Waals surface area contributed by atoms with Crippen LogP contribution >= 0.6 is 0 Å². The van der Waals surface area contributed by atoms with Crippen molar-refractivity contribution < 1.29 is 18.8 Å². The van der Waals surface area contributed by atoms with Crippen LogP contribution in [-0.4, -0.2) is 52.3 Å². The number of aromatic amines is 1. The van der Waals surface area contributed by atoms with E-state index in [-0.39, 0.29) is 29.4 Å². The van der Waals surface area contributed by atoms with Crippen LogP contribution in [0.1, 0.15) is 36.2 Å². The van der Waals surface area contributed by atoms with E-state index in [1.165, 1.54) is 6.07 Å². The summed E-state index contributed by atoms with van der Waals surface area (Å²) in [6, 6.07) is 6.59. The molecule has 2 aliphatic rings. The van der Waals surface area contributed by atoms with Crippen molar-refractivity contribution in [2.45, 2.75) is 43.4 Å². The van der Waals surface area contributed by atoms with Crippen molar-refractivity contribution in [2.24, 2.45) is 0 Å². The van der Waals surface area contributed by atoms with E-state index in [1.807, 2.05) is 18.2 Å². The number of carbonyl (C=O) groups excluding carboxylic acids is 1. The van der Waals surface area contributed by atoms with Gasteiger partial charge in [-0.3, -0.25) is 9.59 Å². The molecule has 138 valence electrons. The molecule has 1 amide bonds. The van der Waals surface area contributed by atoms with Gasteiger partial charge in [0, 0.05) is 32.3 Å². The Morgan fingerprint density at radius 3 is 3.00 bits per heavy atom. The van der Waals surface area contributed by atoms with Gasteiger partial charge in [0.05, 0.1) is 17.7 Å². The Labute approximate surface area is 150 Å². The molecule has 26 heavy (non-hydrogen) atoms. The van der Waals surface area contributed by atoms with Crippen molar-refractivity contribution >= 4 is 5.91 Å². The second-order valence-electron chi connectivity index (χ2n) is 6.79. The third kappa shape index (κ3) is 2.90. The first-order chi connectivity index (χ1) is 12.6. The van der Waals surface area contributed by atoms with E-state index in [4.69, 9.17) is 14.0 Å². The maximum atomic E-state index is 12.8. The normalized spacial score (nSPS) is 28.0. The number of fused-ring (bicyclic) bond motifs is 1. The van der Waals surface area contributed by atoms with E-state index < -0.39 is 5.56 Å². The molecule has 0 radical (unpaired) electrons. The summed E-state index contributed by atoms with van der Waals surface area (Å²) in [5.74, 6) is 0.301. The predicted molar refractivity (Wildman–Crippen MR) is 91.0 cm³/mol. The number of nitrogens with zero attached hydrogens (tertiary/aromatic N) is 2. The summed E-state index contributed by atoms with van der Waals surface area (Å²) in [5.41, 5.74) is -0.804. The Morgan fingerprint density at radius 2 is 2.31 bits per heavy atom. The molecule has 8 heteroatoms. The zero-order valence-corrected chi connectivity index (χ0v) is 14.5. The maximum absolute atomic E-state index is 12.8. The number of H-pyrrole nitrogens is 1. The fourth-order valence-corrected chi connectivity index (χ4v) is 4.13. The van der Waals surface area contributed by atoms with Gasteiger partial charge in [0.1, 0.15) is 6.10 Å². The number of likely N-dealkylation sites (tertiary alicyclic amines) is 1. The Balaban J connectivity index is 1.54. The first-order valence-electron chi connectivity index (χ1n) is 8.74. The summed E-state index contributed by atoms with van der Waals surface area (Å²) in [6.07, 6.45) is 4.67. The fourth-order valence-electron chi connectivity index (χ4n) is 4.13. The molecule has 1 N–H and O–H groups in total. The summed E-state index contributed by atoms with van der Waals surface area (Å²) in [4.78, 5) is 30.1. The monoisotopic (exact) mass is 359 g/mol. The molecule has 0 aromatic carbocycles. The Kier molecular flexibility index (Phi) is 4.28. The van der Waals surface area contributed by atoms with Gasteiger partial charge < -0.3 is 18.9 Å². The lowest BCUT2D eigenvalue weighted by Gasteiger charge is -2.43. The van der Waals surface area contributed by atoms with Crippen LogP contribution in [0.15, 0.2) is 39.8 Å². The molecule has 3 atom stereocenters. The van der Waals surface area contributed by atoms with Crippen LogP contribution in [0.2, 0.25) is 0 Å². The van der Waals surface area contributed by atoms with E-state index in [1.54, 1.807) is 18.2 Å². The van der Waals surface area contributed by atoms with Crippen molar-refractivity contribution in [3.8, 4) is 5.88 Å². The minimum atomic E-state index is -0.425. The molecule has 1 aliphatic carbocycles. The van der Waals surface area contributed by atoms with Gasteiger partial charge in [-0.15, -0.1) is 0 Å². The lowest BCUT2D eigenvalue weighted by Crippen LogP contribution is -2.53. The van der Waals surface area contributed by atoms with E-state index in [9.17, 15) is 9.59 Å². The van der Waals surface area contributed by atoms with Crippen LogP contribution in [0.5, 0.6) is 5.88 Å². The Morgan fingerprint density at radius 1 is 1.42 bits per heavy atom. The van der Waals surface area contributed by atoms with Gasteiger partial charge >= 0.3 is 0 Å². The van der Waals surface area contributed by atoms with Gasteiger partial charge in [0.15, 0.2) is 0 Å². The Bertz CT molecular complexity index is 833. The molecule has 0 spiro atoms. The molecule has 1 aliphatic heterocycles. The zero-order valence-electron chi connectivity index (χ0n) is 14.5. The summed E-state index contributed by atoms with van der Waals surface area (Å²) in [5, 5.41) is 2.17. The summed E-state index contributed by atoms with van der Waals surface area (Å²) < 4.78 is 16.9. The van der Waals surface area contributed by atoms with Gasteiger partial charge in [-0.1, -0.05) is 6.07 Å². The van der Waals surface area contributed by atoms with E-state index in [0.717, 1.165) is 19.3 Å². The number of amides is 1. The topological polar surface area (TPSA) is 97.7 Å². The van der Waals surface area contributed by atoms with Gasteiger partial charge in [0.2, 0.25) is 11.6 Å². The number of pyridine rings is 1. The van der Waals surface area contributed by atoms with Gasteiger partial charge in [-0.05, 0) is 25.3 Å². The second kappa shape index (κ2) is 6.60. The maximum Gasteiger partial charge on any atom is 0.292 e. The molecule has 2 aromatic heterocycles. The number of aromatic nitrogens is 2. The van der Waals surface area contributed by atoms with Crippen LogP contribution in [0, 0.1) is 0 Å². The summed E-state index contributed by atoms with van der Waals surface area (Å²) >= 11 is 0. The molecule has 1 saturated carbocycles. The van der Waals surface area contributed by atoms with Crippen LogP contribution in [-0.2, 0) is 4.74 Å². The van der Waals surface area contributed by atoms with Crippen molar-refractivity contribution in [1.29, 1.82) is 0 Å². The highest BCUT2D eigenvalue weighted by Gasteiger charge is 2.53. The highest BCUT2D eigenvalue weighted by atomic mass is 16.5. The average molecular weight is 359 g/mol. The fraction of sp³-hybridized carbons (Fsp3) is 0.500. The van der Waals surface area contributed by atoms with Crippen molar-refractivity contribution in [3.63, 3.8) is 0 Å². The lowest BCUT2D eigenvalue weighted by atomic mass is 9.79. The smallest absolute Gasteiger partial charge is 0.292 e. The summed E-state index contributed by atoms with van der Waals surface area (Å²) in [6.45, 7) is 0.558. The number of methoxy groups -OCH3 is 1. The SMILES string of the molecule is CO[C@@]12CC[C@H](Oc3ccccn3)C[C@@H]1N(C(=O)c1cc(=O)[nH]o1)CC2. The number of carbonyl (C=O) groups is 1.